The molecule has 0 fully saturated rings. The smallest absolute Gasteiger partial charge is 0.122 e. The van der Waals surface area contributed by atoms with Gasteiger partial charge in [0.25, 0.3) is 0 Å². The molecule has 0 aliphatic heterocycles. The second-order valence-corrected chi connectivity index (χ2v) is 6.72. The lowest BCUT2D eigenvalue weighted by Crippen LogP contribution is -2.03. The highest BCUT2D eigenvalue weighted by molar-refractivity contribution is 7.70. The SMILES string of the molecule is CC.COc1cc(P(C)(C)=O)ccc1C. The fourth-order valence-electron chi connectivity index (χ4n) is 1.14. The van der Waals surface area contributed by atoms with Gasteiger partial charge in [-0.1, -0.05) is 26.0 Å². The van der Waals surface area contributed by atoms with Gasteiger partial charge in [0, 0.05) is 5.30 Å². The lowest BCUT2D eigenvalue weighted by Gasteiger charge is -2.10. The molecule has 0 saturated carbocycles. The van der Waals surface area contributed by atoms with Crippen LogP contribution in [-0.4, -0.2) is 20.4 Å². The number of hydrogen-bond donors (Lipinski definition) is 0. The second kappa shape index (κ2) is 5.97. The van der Waals surface area contributed by atoms with Crippen LogP contribution >= 0.6 is 7.14 Å². The van der Waals surface area contributed by atoms with E-state index in [-0.39, 0.29) is 0 Å². The number of ether oxygens (including phenoxy) is 1. The Morgan fingerprint density at radius 3 is 2.13 bits per heavy atom. The first-order valence-corrected chi connectivity index (χ1v) is 7.75. The predicted molar refractivity (Wildman–Crippen MR) is 68.2 cm³/mol. The van der Waals surface area contributed by atoms with E-state index >= 15 is 0 Å². The molecule has 0 aliphatic rings. The van der Waals surface area contributed by atoms with E-state index in [9.17, 15) is 4.57 Å². The molecule has 0 aromatic heterocycles. The van der Waals surface area contributed by atoms with Crippen LogP contribution in [0.15, 0.2) is 18.2 Å². The van der Waals surface area contributed by atoms with E-state index in [4.69, 9.17) is 4.74 Å². The van der Waals surface area contributed by atoms with E-state index in [0.717, 1.165) is 16.6 Å². The van der Waals surface area contributed by atoms with Crippen molar-refractivity contribution < 1.29 is 9.30 Å². The molecular formula is C12H21O2P. The monoisotopic (exact) mass is 228 g/mol. The van der Waals surface area contributed by atoms with Gasteiger partial charge in [-0.05, 0) is 31.9 Å². The van der Waals surface area contributed by atoms with E-state index in [1.54, 1.807) is 20.4 Å². The van der Waals surface area contributed by atoms with Crippen LogP contribution in [0, 0.1) is 6.92 Å². The maximum atomic E-state index is 11.7. The normalized spacial score (nSPS) is 10.3. The summed E-state index contributed by atoms with van der Waals surface area (Å²) in [5, 5.41) is 0.870. The maximum absolute atomic E-state index is 11.7. The van der Waals surface area contributed by atoms with Crippen LogP contribution in [0.4, 0.5) is 0 Å². The van der Waals surface area contributed by atoms with E-state index < -0.39 is 7.14 Å². The molecule has 0 unspecified atom stereocenters. The lowest BCUT2D eigenvalue weighted by atomic mass is 10.2. The molecule has 15 heavy (non-hydrogen) atoms. The Hall–Kier alpha value is -0.750. The fraction of sp³-hybridized carbons (Fsp3) is 0.500. The Labute approximate surface area is 93.0 Å². The molecule has 1 aromatic rings. The molecule has 3 heteroatoms. The van der Waals surface area contributed by atoms with Gasteiger partial charge >= 0.3 is 0 Å². The average Bonchev–Trinajstić information content (AvgIpc) is 2.20. The van der Waals surface area contributed by atoms with E-state index in [2.05, 4.69) is 0 Å². The van der Waals surface area contributed by atoms with Gasteiger partial charge in [-0.25, -0.2) is 0 Å². The molecule has 0 bridgehead atoms. The molecule has 0 N–H and O–H groups in total. The molecule has 0 radical (unpaired) electrons. The number of hydrogen-bond acceptors (Lipinski definition) is 2. The molecule has 0 amide bonds. The summed E-state index contributed by atoms with van der Waals surface area (Å²) >= 11 is 0. The highest BCUT2D eigenvalue weighted by Crippen LogP contribution is 2.36. The summed E-state index contributed by atoms with van der Waals surface area (Å²) in [5.41, 5.74) is 1.07. The standard InChI is InChI=1S/C10H15O2P.C2H6/c1-8-5-6-9(13(3,4)11)7-10(8)12-2;1-2/h5-7H,1-4H3;1-2H3. The Morgan fingerprint density at radius 2 is 1.73 bits per heavy atom. The molecule has 1 rings (SSSR count). The van der Waals surface area contributed by atoms with Gasteiger partial charge in [0.1, 0.15) is 12.9 Å². The third-order valence-electron chi connectivity index (χ3n) is 2.01. The average molecular weight is 228 g/mol. The first-order chi connectivity index (χ1) is 6.95. The fourth-order valence-corrected chi connectivity index (χ4v) is 2.01. The molecule has 1 aromatic carbocycles. The summed E-state index contributed by atoms with van der Waals surface area (Å²) in [6.07, 6.45) is 0. The second-order valence-electron chi connectivity index (χ2n) is 3.50. The van der Waals surface area contributed by atoms with Gasteiger partial charge in [0.05, 0.1) is 7.11 Å². The van der Waals surface area contributed by atoms with Crippen molar-refractivity contribution in [3.05, 3.63) is 23.8 Å². The van der Waals surface area contributed by atoms with Crippen molar-refractivity contribution >= 4 is 12.4 Å². The van der Waals surface area contributed by atoms with Crippen molar-refractivity contribution in [2.24, 2.45) is 0 Å². The first-order valence-electron chi connectivity index (χ1n) is 5.15. The number of rotatable bonds is 2. The van der Waals surface area contributed by atoms with Gasteiger partial charge in [-0.15, -0.1) is 0 Å². The van der Waals surface area contributed by atoms with E-state index in [1.165, 1.54) is 0 Å². The molecule has 0 saturated heterocycles. The number of aryl methyl sites for hydroxylation is 1. The first kappa shape index (κ1) is 14.2. The summed E-state index contributed by atoms with van der Waals surface area (Å²) in [6, 6.07) is 5.70. The molecule has 86 valence electrons. The highest BCUT2D eigenvalue weighted by atomic mass is 31.2. The van der Waals surface area contributed by atoms with Crippen LogP contribution in [0.25, 0.3) is 0 Å². The highest BCUT2D eigenvalue weighted by Gasteiger charge is 2.12. The summed E-state index contributed by atoms with van der Waals surface area (Å²) in [4.78, 5) is 0. The van der Waals surface area contributed by atoms with Crippen LogP contribution in [0.3, 0.4) is 0 Å². The minimum Gasteiger partial charge on any atom is -0.496 e. The van der Waals surface area contributed by atoms with Gasteiger partial charge in [-0.2, -0.15) is 0 Å². The molecule has 0 aliphatic carbocycles. The van der Waals surface area contributed by atoms with Crippen molar-refractivity contribution in [3.63, 3.8) is 0 Å². The lowest BCUT2D eigenvalue weighted by molar-refractivity contribution is 0.412. The van der Waals surface area contributed by atoms with Crippen molar-refractivity contribution in [1.29, 1.82) is 0 Å². The zero-order valence-corrected chi connectivity index (χ0v) is 11.4. The Bertz CT molecular complexity index is 353. The van der Waals surface area contributed by atoms with Crippen molar-refractivity contribution in [3.8, 4) is 5.75 Å². The van der Waals surface area contributed by atoms with Crippen molar-refractivity contribution in [1.82, 2.24) is 0 Å². The summed E-state index contributed by atoms with van der Waals surface area (Å²) in [5.74, 6) is 0.807. The molecule has 0 spiro atoms. The van der Waals surface area contributed by atoms with Crippen molar-refractivity contribution in [2.75, 3.05) is 20.4 Å². The topological polar surface area (TPSA) is 26.3 Å². The van der Waals surface area contributed by atoms with Gasteiger partial charge in [-0.3, -0.25) is 0 Å². The van der Waals surface area contributed by atoms with Crippen LogP contribution in [0.1, 0.15) is 19.4 Å². The zero-order chi connectivity index (χ0) is 12.1. The summed E-state index contributed by atoms with van der Waals surface area (Å²) in [7, 11) is -0.531. The predicted octanol–water partition coefficient (Wildman–Crippen LogP) is 3.28. The maximum Gasteiger partial charge on any atom is 0.122 e. The van der Waals surface area contributed by atoms with Crippen LogP contribution < -0.4 is 10.0 Å². The number of benzene rings is 1. The number of methoxy groups -OCH3 is 1. The summed E-state index contributed by atoms with van der Waals surface area (Å²) < 4.78 is 16.9. The van der Waals surface area contributed by atoms with Gasteiger partial charge in [0.2, 0.25) is 0 Å². The zero-order valence-electron chi connectivity index (χ0n) is 10.5. The Morgan fingerprint density at radius 1 is 1.20 bits per heavy atom. The van der Waals surface area contributed by atoms with Crippen LogP contribution in [0.5, 0.6) is 5.75 Å². The van der Waals surface area contributed by atoms with Crippen LogP contribution in [-0.2, 0) is 4.57 Å². The van der Waals surface area contributed by atoms with Gasteiger partial charge in [0.15, 0.2) is 0 Å². The molecule has 2 nitrogen and oxygen atoms in total. The third-order valence-corrected chi connectivity index (χ3v) is 3.54. The third kappa shape index (κ3) is 4.09. The minimum absolute atomic E-state index is 0.807. The molecule has 0 heterocycles. The van der Waals surface area contributed by atoms with E-state index in [0.29, 0.717) is 0 Å². The van der Waals surface area contributed by atoms with Crippen molar-refractivity contribution in [2.45, 2.75) is 20.8 Å². The minimum atomic E-state index is -2.16. The molecule has 0 atom stereocenters. The largest absolute Gasteiger partial charge is 0.496 e. The van der Waals surface area contributed by atoms with Gasteiger partial charge < -0.3 is 9.30 Å². The van der Waals surface area contributed by atoms with Crippen LogP contribution in [0.2, 0.25) is 0 Å². The summed E-state index contributed by atoms with van der Waals surface area (Å²) in [6.45, 7) is 9.49. The Kier molecular flexibility index (Phi) is 5.67. The van der Waals surface area contributed by atoms with E-state index in [1.807, 2.05) is 39.0 Å². The molecular weight excluding hydrogens is 207 g/mol. The Balaban J connectivity index is 0.000000921. The quantitative estimate of drug-likeness (QED) is 0.726.